The molecule has 0 aromatic heterocycles. The average Bonchev–Trinajstić information content (AvgIpc) is 2.59. The van der Waals surface area contributed by atoms with Crippen molar-refractivity contribution >= 4 is 30.4 Å². The van der Waals surface area contributed by atoms with Crippen LogP contribution < -0.4 is 16.4 Å². The second-order valence-corrected chi connectivity index (χ2v) is 7.76. The number of aliphatic imine (C=N–C) groups is 1. The van der Waals surface area contributed by atoms with Gasteiger partial charge < -0.3 is 15.8 Å². The zero-order chi connectivity index (χ0) is 21.8. The van der Waals surface area contributed by atoms with E-state index in [1.165, 1.54) is 12.1 Å². The predicted octanol–water partition coefficient (Wildman–Crippen LogP) is 3.57. The Hall–Kier alpha value is -2.33. The van der Waals surface area contributed by atoms with E-state index >= 15 is 0 Å². The lowest BCUT2D eigenvalue weighted by Crippen LogP contribution is -2.38. The predicted molar refractivity (Wildman–Crippen MR) is 109 cm³/mol. The second-order valence-electron chi connectivity index (χ2n) is 7.76. The molecule has 1 fully saturated rings. The number of carbonyl (C=O) groups is 2. The van der Waals surface area contributed by atoms with Gasteiger partial charge in [-0.25, -0.2) is 4.79 Å². The maximum absolute atomic E-state index is 13.6. The molecule has 30 heavy (non-hydrogen) atoms. The standard InChI is InChI=1S/C19H25F3N4O3.ClH/c1-18(2,3)29-17(28)26-16(23)25-15(27)12-4-5-13(11-6-8-24-9-7-11)14(10-12)19(20,21)22;/h4-5,10-11,24H,6-9H2,1-3H3,(H3,23,25,26,27,28);1H. The van der Waals surface area contributed by atoms with Gasteiger partial charge in [-0.05, 0) is 70.3 Å². The number of benzene rings is 1. The van der Waals surface area contributed by atoms with Gasteiger partial charge in [0, 0.05) is 5.56 Å². The fourth-order valence-electron chi connectivity index (χ4n) is 3.03. The number of hydrogen-bond acceptors (Lipinski definition) is 4. The molecule has 0 aliphatic carbocycles. The molecule has 2 rings (SSSR count). The van der Waals surface area contributed by atoms with Crippen molar-refractivity contribution in [3.05, 3.63) is 34.9 Å². The van der Waals surface area contributed by atoms with E-state index < -0.39 is 35.3 Å². The first kappa shape index (κ1) is 25.7. The first-order valence-electron chi connectivity index (χ1n) is 9.17. The number of nitrogens with zero attached hydrogens (tertiary/aromatic N) is 1. The number of halogens is 4. The van der Waals surface area contributed by atoms with Crippen molar-refractivity contribution in [1.29, 1.82) is 0 Å². The summed E-state index contributed by atoms with van der Waals surface area (Å²) in [6.07, 6.45) is -4.45. The minimum Gasteiger partial charge on any atom is -0.442 e. The van der Waals surface area contributed by atoms with Crippen LogP contribution in [-0.2, 0) is 10.9 Å². The normalized spacial score (nSPS) is 15.9. The quantitative estimate of drug-likeness (QED) is 0.471. The molecule has 0 radical (unpaired) electrons. The van der Waals surface area contributed by atoms with Crippen LogP contribution in [0, 0.1) is 0 Å². The summed E-state index contributed by atoms with van der Waals surface area (Å²) in [5, 5.41) is 5.21. The lowest BCUT2D eigenvalue weighted by Gasteiger charge is -2.26. The van der Waals surface area contributed by atoms with Gasteiger partial charge >= 0.3 is 12.3 Å². The first-order chi connectivity index (χ1) is 13.4. The second kappa shape index (κ2) is 10.1. The van der Waals surface area contributed by atoms with Gasteiger partial charge in [-0.1, -0.05) is 6.07 Å². The van der Waals surface area contributed by atoms with Gasteiger partial charge in [-0.2, -0.15) is 13.2 Å². The summed E-state index contributed by atoms with van der Waals surface area (Å²) in [7, 11) is 0. The summed E-state index contributed by atoms with van der Waals surface area (Å²) >= 11 is 0. The van der Waals surface area contributed by atoms with E-state index in [1.54, 1.807) is 20.8 Å². The fraction of sp³-hybridized carbons (Fsp3) is 0.526. The van der Waals surface area contributed by atoms with Crippen LogP contribution in [0.25, 0.3) is 0 Å². The lowest BCUT2D eigenvalue weighted by molar-refractivity contribution is -0.138. The Bertz CT molecular complexity index is 801. The third kappa shape index (κ3) is 7.49. The molecule has 0 spiro atoms. The van der Waals surface area contributed by atoms with Gasteiger partial charge in [0.25, 0.3) is 5.91 Å². The van der Waals surface area contributed by atoms with E-state index in [1.807, 2.05) is 0 Å². The highest BCUT2D eigenvalue weighted by atomic mass is 35.5. The van der Waals surface area contributed by atoms with E-state index in [9.17, 15) is 22.8 Å². The zero-order valence-corrected chi connectivity index (χ0v) is 17.7. The summed E-state index contributed by atoms with van der Waals surface area (Å²) in [5.41, 5.74) is 3.77. The maximum Gasteiger partial charge on any atom is 0.437 e. The Labute approximate surface area is 179 Å². The Balaban J connectivity index is 0.00000450. The lowest BCUT2D eigenvalue weighted by atomic mass is 9.86. The molecule has 2 amide bonds. The largest absolute Gasteiger partial charge is 0.442 e. The van der Waals surface area contributed by atoms with Gasteiger partial charge in [-0.3, -0.25) is 10.1 Å². The molecule has 0 bridgehead atoms. The van der Waals surface area contributed by atoms with E-state index in [4.69, 9.17) is 10.5 Å². The highest BCUT2D eigenvalue weighted by Crippen LogP contribution is 2.38. The summed E-state index contributed by atoms with van der Waals surface area (Å²) in [6.45, 7) is 6.15. The van der Waals surface area contributed by atoms with Crippen LogP contribution in [0.3, 0.4) is 0 Å². The van der Waals surface area contributed by atoms with Crippen molar-refractivity contribution in [1.82, 2.24) is 10.6 Å². The number of rotatable bonds is 2. The van der Waals surface area contributed by atoms with Crippen molar-refractivity contribution in [2.75, 3.05) is 13.1 Å². The molecule has 1 aromatic carbocycles. The third-order valence-corrected chi connectivity index (χ3v) is 4.25. The SMILES string of the molecule is CC(C)(C)OC(=O)/N=C(/N)NC(=O)c1ccc(C2CCNCC2)c(C(F)(F)F)c1.Cl. The highest BCUT2D eigenvalue weighted by Gasteiger charge is 2.36. The molecule has 1 aliphatic rings. The minimum atomic E-state index is -4.60. The molecule has 0 atom stereocenters. The van der Waals surface area contributed by atoms with Crippen molar-refractivity contribution in [3.8, 4) is 0 Å². The fourth-order valence-corrected chi connectivity index (χ4v) is 3.03. The summed E-state index contributed by atoms with van der Waals surface area (Å²) < 4.78 is 45.7. The molecule has 1 aromatic rings. The smallest absolute Gasteiger partial charge is 0.437 e. The molecule has 1 aliphatic heterocycles. The van der Waals surface area contributed by atoms with E-state index in [0.717, 1.165) is 6.07 Å². The number of amides is 2. The van der Waals surface area contributed by atoms with Gasteiger partial charge in [0.15, 0.2) is 0 Å². The van der Waals surface area contributed by atoms with E-state index in [0.29, 0.717) is 25.9 Å². The van der Waals surface area contributed by atoms with E-state index in [2.05, 4.69) is 15.6 Å². The van der Waals surface area contributed by atoms with E-state index in [-0.39, 0.29) is 29.5 Å². The van der Waals surface area contributed by atoms with Crippen LogP contribution in [0.2, 0.25) is 0 Å². The number of ether oxygens (including phenoxy) is 1. The zero-order valence-electron chi connectivity index (χ0n) is 16.9. The molecule has 11 heteroatoms. The summed E-state index contributed by atoms with van der Waals surface area (Å²) in [6, 6.07) is 3.44. The Morgan fingerprint density at radius 2 is 1.80 bits per heavy atom. The third-order valence-electron chi connectivity index (χ3n) is 4.25. The van der Waals surface area contributed by atoms with Gasteiger partial charge in [-0.15, -0.1) is 17.4 Å². The monoisotopic (exact) mass is 450 g/mol. The van der Waals surface area contributed by atoms with Crippen molar-refractivity contribution in [2.24, 2.45) is 10.7 Å². The van der Waals surface area contributed by atoms with Gasteiger partial charge in [0.1, 0.15) is 5.60 Å². The van der Waals surface area contributed by atoms with Crippen molar-refractivity contribution < 1.29 is 27.5 Å². The van der Waals surface area contributed by atoms with Crippen LogP contribution in [0.15, 0.2) is 23.2 Å². The number of nitrogens with two attached hydrogens (primary N) is 1. The molecule has 0 saturated carbocycles. The molecule has 168 valence electrons. The van der Waals surface area contributed by atoms with Gasteiger partial charge in [0.05, 0.1) is 5.56 Å². The summed E-state index contributed by atoms with van der Waals surface area (Å²) in [5.74, 6) is -1.71. The van der Waals surface area contributed by atoms with Crippen molar-refractivity contribution in [2.45, 2.75) is 51.3 Å². The average molecular weight is 451 g/mol. The van der Waals surface area contributed by atoms with Crippen molar-refractivity contribution in [3.63, 3.8) is 0 Å². The number of nitrogens with one attached hydrogen (secondary N) is 2. The first-order valence-corrected chi connectivity index (χ1v) is 9.17. The minimum absolute atomic E-state index is 0. The Kier molecular flexibility index (Phi) is 8.67. The topological polar surface area (TPSA) is 106 Å². The van der Waals surface area contributed by atoms with Crippen LogP contribution in [0.4, 0.5) is 18.0 Å². The van der Waals surface area contributed by atoms with Gasteiger partial charge in [0.2, 0.25) is 5.96 Å². The Morgan fingerprint density at radius 3 is 2.33 bits per heavy atom. The van der Waals surface area contributed by atoms with Crippen LogP contribution in [0.1, 0.15) is 61.0 Å². The number of alkyl halides is 3. The number of hydrogen-bond donors (Lipinski definition) is 3. The summed E-state index contributed by atoms with van der Waals surface area (Å²) in [4.78, 5) is 27.2. The maximum atomic E-state index is 13.6. The molecule has 4 N–H and O–H groups in total. The number of guanidine groups is 1. The molecule has 1 heterocycles. The molecule has 1 saturated heterocycles. The highest BCUT2D eigenvalue weighted by molar-refractivity contribution is 6.07. The molecule has 0 unspecified atom stereocenters. The number of carbonyl (C=O) groups excluding carboxylic acids is 2. The van der Waals surface area contributed by atoms with Crippen LogP contribution in [0.5, 0.6) is 0 Å². The number of piperidine rings is 1. The Morgan fingerprint density at radius 1 is 1.20 bits per heavy atom. The van der Waals surface area contributed by atoms with Crippen LogP contribution >= 0.6 is 12.4 Å². The molecular formula is C19H26ClF3N4O3. The molecule has 7 nitrogen and oxygen atoms in total. The van der Waals surface area contributed by atoms with Crippen LogP contribution in [-0.4, -0.2) is 36.7 Å². The molecular weight excluding hydrogens is 425 g/mol.